The molecule has 0 aromatic carbocycles. The van der Waals surface area contributed by atoms with E-state index in [1.807, 2.05) is 0 Å². The van der Waals surface area contributed by atoms with Crippen LogP contribution in [0.15, 0.2) is 18.6 Å². The number of hydrogen-bond acceptors (Lipinski definition) is 3. The van der Waals surface area contributed by atoms with Crippen LogP contribution < -0.4 is 4.90 Å². The molecule has 0 bridgehead atoms. The number of aromatic nitrogens is 2. The minimum absolute atomic E-state index is 0.950. The van der Waals surface area contributed by atoms with Gasteiger partial charge >= 0.3 is 0 Å². The molecule has 0 aliphatic carbocycles. The first-order chi connectivity index (χ1) is 6.84. The van der Waals surface area contributed by atoms with E-state index in [1.54, 1.807) is 18.6 Å². The first kappa shape index (κ1) is 11.4. The SMILES string of the molecule is CN(CCCCCBr)c1cnccn1. The molecular formula is C10H16BrN3. The lowest BCUT2D eigenvalue weighted by atomic mass is 10.2. The largest absolute Gasteiger partial charge is 0.358 e. The minimum Gasteiger partial charge on any atom is -0.358 e. The third-order valence-electron chi connectivity index (χ3n) is 2.07. The van der Waals surface area contributed by atoms with Crippen molar-refractivity contribution in [1.82, 2.24) is 9.97 Å². The second-order valence-electron chi connectivity index (χ2n) is 3.23. The summed E-state index contributed by atoms with van der Waals surface area (Å²) in [5.41, 5.74) is 0. The van der Waals surface area contributed by atoms with E-state index in [1.165, 1.54) is 19.3 Å². The van der Waals surface area contributed by atoms with Gasteiger partial charge in [0.25, 0.3) is 0 Å². The van der Waals surface area contributed by atoms with Gasteiger partial charge in [0.15, 0.2) is 0 Å². The summed E-state index contributed by atoms with van der Waals surface area (Å²) in [7, 11) is 2.05. The molecule has 78 valence electrons. The first-order valence-corrected chi connectivity index (χ1v) is 6.00. The normalized spacial score (nSPS) is 10.1. The molecule has 1 aromatic rings. The van der Waals surface area contributed by atoms with E-state index >= 15 is 0 Å². The Bertz CT molecular complexity index is 240. The monoisotopic (exact) mass is 257 g/mol. The fraction of sp³-hybridized carbons (Fsp3) is 0.600. The molecule has 0 spiro atoms. The van der Waals surface area contributed by atoms with Crippen LogP contribution in [0.25, 0.3) is 0 Å². The fourth-order valence-corrected chi connectivity index (χ4v) is 1.62. The summed E-state index contributed by atoms with van der Waals surface area (Å²) in [5.74, 6) is 0.950. The quantitative estimate of drug-likeness (QED) is 0.579. The lowest BCUT2D eigenvalue weighted by Crippen LogP contribution is -2.19. The van der Waals surface area contributed by atoms with Crippen LogP contribution in [0.2, 0.25) is 0 Å². The number of hydrogen-bond donors (Lipinski definition) is 0. The van der Waals surface area contributed by atoms with Gasteiger partial charge in [0.1, 0.15) is 5.82 Å². The molecule has 14 heavy (non-hydrogen) atoms. The van der Waals surface area contributed by atoms with Gasteiger partial charge in [-0.1, -0.05) is 22.4 Å². The van der Waals surface area contributed by atoms with Crippen LogP contribution >= 0.6 is 15.9 Å². The Morgan fingerprint density at radius 1 is 1.29 bits per heavy atom. The second-order valence-corrected chi connectivity index (χ2v) is 4.03. The van der Waals surface area contributed by atoms with Gasteiger partial charge in [-0.2, -0.15) is 0 Å². The molecule has 1 heterocycles. The fourth-order valence-electron chi connectivity index (χ4n) is 1.22. The maximum atomic E-state index is 4.23. The Kier molecular flexibility index (Phi) is 5.52. The Morgan fingerprint density at radius 3 is 2.79 bits per heavy atom. The van der Waals surface area contributed by atoms with Gasteiger partial charge in [-0.3, -0.25) is 4.98 Å². The van der Waals surface area contributed by atoms with E-state index in [9.17, 15) is 0 Å². The highest BCUT2D eigenvalue weighted by Gasteiger charge is 2.00. The van der Waals surface area contributed by atoms with Crippen molar-refractivity contribution in [2.75, 3.05) is 23.8 Å². The molecule has 0 N–H and O–H groups in total. The van der Waals surface area contributed by atoms with Gasteiger partial charge in [-0.25, -0.2) is 4.98 Å². The van der Waals surface area contributed by atoms with Crippen LogP contribution in [0.4, 0.5) is 5.82 Å². The number of unbranched alkanes of at least 4 members (excludes halogenated alkanes) is 2. The predicted octanol–water partition coefficient (Wildman–Crippen LogP) is 2.48. The van der Waals surface area contributed by atoms with Crippen molar-refractivity contribution < 1.29 is 0 Å². The number of alkyl halides is 1. The van der Waals surface area contributed by atoms with Crippen LogP contribution in [0.3, 0.4) is 0 Å². The predicted molar refractivity (Wildman–Crippen MR) is 62.9 cm³/mol. The first-order valence-electron chi connectivity index (χ1n) is 4.87. The molecule has 1 aromatic heterocycles. The van der Waals surface area contributed by atoms with Gasteiger partial charge < -0.3 is 4.90 Å². The van der Waals surface area contributed by atoms with Crippen LogP contribution in [0.1, 0.15) is 19.3 Å². The van der Waals surface area contributed by atoms with E-state index in [4.69, 9.17) is 0 Å². The summed E-state index contributed by atoms with van der Waals surface area (Å²) < 4.78 is 0. The van der Waals surface area contributed by atoms with Crippen molar-refractivity contribution in [2.45, 2.75) is 19.3 Å². The molecule has 0 amide bonds. The summed E-state index contributed by atoms with van der Waals surface area (Å²) in [5, 5.41) is 1.10. The summed E-state index contributed by atoms with van der Waals surface area (Å²) >= 11 is 3.43. The van der Waals surface area contributed by atoms with Crippen molar-refractivity contribution in [3.63, 3.8) is 0 Å². The standard InChI is InChI=1S/C10H16BrN3/c1-14(8-4-2-3-5-11)10-9-12-6-7-13-10/h6-7,9H,2-5,8H2,1H3. The third-order valence-corrected chi connectivity index (χ3v) is 2.63. The molecule has 0 radical (unpaired) electrons. The summed E-state index contributed by atoms with van der Waals surface area (Å²) in [4.78, 5) is 10.4. The lowest BCUT2D eigenvalue weighted by Gasteiger charge is -2.16. The molecule has 0 unspecified atom stereocenters. The molecule has 3 nitrogen and oxygen atoms in total. The zero-order valence-corrected chi connectivity index (χ0v) is 10.1. The maximum Gasteiger partial charge on any atom is 0.146 e. The minimum atomic E-state index is 0.950. The highest BCUT2D eigenvalue weighted by Crippen LogP contribution is 2.07. The van der Waals surface area contributed by atoms with Crippen molar-refractivity contribution in [3.05, 3.63) is 18.6 Å². The highest BCUT2D eigenvalue weighted by atomic mass is 79.9. The molecule has 0 fully saturated rings. The second kappa shape index (κ2) is 6.76. The zero-order valence-electron chi connectivity index (χ0n) is 8.49. The maximum absolute atomic E-state index is 4.23. The molecule has 0 aliphatic heterocycles. The highest BCUT2D eigenvalue weighted by molar-refractivity contribution is 9.09. The van der Waals surface area contributed by atoms with Crippen LogP contribution in [0.5, 0.6) is 0 Å². The van der Waals surface area contributed by atoms with Gasteiger partial charge in [-0.05, 0) is 12.8 Å². The lowest BCUT2D eigenvalue weighted by molar-refractivity contribution is 0.706. The average molecular weight is 258 g/mol. The molecule has 0 atom stereocenters. The number of halogens is 1. The number of rotatable bonds is 6. The molecule has 0 aliphatic rings. The molecule has 0 saturated heterocycles. The molecule has 4 heteroatoms. The van der Waals surface area contributed by atoms with Gasteiger partial charge in [-0.15, -0.1) is 0 Å². The molecular weight excluding hydrogens is 242 g/mol. The number of anilines is 1. The van der Waals surface area contributed by atoms with Crippen molar-refractivity contribution >= 4 is 21.7 Å². The summed E-state index contributed by atoms with van der Waals surface area (Å²) in [6.07, 6.45) is 8.93. The van der Waals surface area contributed by atoms with Crippen molar-refractivity contribution in [1.29, 1.82) is 0 Å². The third kappa shape index (κ3) is 4.05. The van der Waals surface area contributed by atoms with E-state index < -0.39 is 0 Å². The zero-order chi connectivity index (χ0) is 10.2. The van der Waals surface area contributed by atoms with Crippen LogP contribution in [-0.2, 0) is 0 Å². The van der Waals surface area contributed by atoms with Gasteiger partial charge in [0.2, 0.25) is 0 Å². The Morgan fingerprint density at radius 2 is 2.14 bits per heavy atom. The van der Waals surface area contributed by atoms with Crippen molar-refractivity contribution in [3.8, 4) is 0 Å². The average Bonchev–Trinajstić information content (AvgIpc) is 2.25. The van der Waals surface area contributed by atoms with E-state index in [-0.39, 0.29) is 0 Å². The van der Waals surface area contributed by atoms with Crippen LogP contribution in [0, 0.1) is 0 Å². The smallest absolute Gasteiger partial charge is 0.146 e. The summed E-state index contributed by atoms with van der Waals surface area (Å²) in [6.45, 7) is 1.05. The number of nitrogens with zero attached hydrogens (tertiary/aromatic N) is 3. The van der Waals surface area contributed by atoms with E-state index in [0.29, 0.717) is 0 Å². The van der Waals surface area contributed by atoms with E-state index in [0.717, 1.165) is 17.7 Å². The Balaban J connectivity index is 2.25. The van der Waals surface area contributed by atoms with Gasteiger partial charge in [0.05, 0.1) is 6.20 Å². The Hall–Kier alpha value is -0.640. The van der Waals surface area contributed by atoms with Gasteiger partial charge in [0, 0.05) is 31.3 Å². The topological polar surface area (TPSA) is 29.0 Å². The summed E-state index contributed by atoms with van der Waals surface area (Å²) in [6, 6.07) is 0. The van der Waals surface area contributed by atoms with Crippen LogP contribution in [-0.4, -0.2) is 28.9 Å². The molecule has 0 saturated carbocycles. The van der Waals surface area contributed by atoms with E-state index in [2.05, 4.69) is 37.8 Å². The Labute approximate surface area is 93.7 Å². The van der Waals surface area contributed by atoms with Crippen molar-refractivity contribution in [2.24, 2.45) is 0 Å². The molecule has 1 rings (SSSR count).